The summed E-state index contributed by atoms with van der Waals surface area (Å²) in [6, 6.07) is 4.53. The van der Waals surface area contributed by atoms with Gasteiger partial charge in [0, 0.05) is 24.4 Å². The number of aryl methyl sites for hydroxylation is 1. The summed E-state index contributed by atoms with van der Waals surface area (Å²) < 4.78 is 49.1. The molecule has 1 aromatic rings. The van der Waals surface area contributed by atoms with Crippen LogP contribution in [0.1, 0.15) is 12.0 Å². The monoisotopic (exact) mass is 337 g/mol. The number of sulfone groups is 1. The second-order valence-electron chi connectivity index (χ2n) is 5.01. The summed E-state index contributed by atoms with van der Waals surface area (Å²) in [5.74, 6) is 0. The molecule has 0 N–H and O–H groups in total. The van der Waals surface area contributed by atoms with E-state index in [0.29, 0.717) is 11.4 Å². The molecule has 2 rings (SSSR count). The first-order valence-corrected chi connectivity index (χ1v) is 9.85. The average Bonchev–Trinajstić information content (AvgIpc) is 2.82. The minimum absolute atomic E-state index is 0.00661. The molecule has 1 aliphatic heterocycles. The Bertz CT molecular complexity index is 728. The highest BCUT2D eigenvalue weighted by molar-refractivity contribution is 7.91. The predicted molar refractivity (Wildman–Crippen MR) is 78.2 cm³/mol. The van der Waals surface area contributed by atoms with E-state index in [-0.39, 0.29) is 18.0 Å². The van der Waals surface area contributed by atoms with Gasteiger partial charge in [-0.25, -0.2) is 16.8 Å². The van der Waals surface area contributed by atoms with Crippen LogP contribution in [0.25, 0.3) is 0 Å². The van der Waals surface area contributed by atoms with Gasteiger partial charge < -0.3 is 0 Å². The molecule has 20 heavy (non-hydrogen) atoms. The highest BCUT2D eigenvalue weighted by Crippen LogP contribution is 2.26. The van der Waals surface area contributed by atoms with Crippen LogP contribution in [0.4, 0.5) is 0 Å². The Hall–Kier alpha value is -0.630. The lowest BCUT2D eigenvalue weighted by Gasteiger charge is -2.16. The Labute approximate surface area is 124 Å². The van der Waals surface area contributed by atoms with Crippen molar-refractivity contribution in [3.05, 3.63) is 28.8 Å². The molecular weight excluding hydrogens is 322 g/mol. The molecule has 112 valence electrons. The van der Waals surface area contributed by atoms with Gasteiger partial charge in [-0.3, -0.25) is 0 Å². The summed E-state index contributed by atoms with van der Waals surface area (Å²) in [6.07, 6.45) is 1.47. The van der Waals surface area contributed by atoms with Crippen LogP contribution in [0.3, 0.4) is 0 Å². The van der Waals surface area contributed by atoms with Crippen LogP contribution in [-0.2, 0) is 19.9 Å². The molecule has 0 spiro atoms. The fourth-order valence-electron chi connectivity index (χ4n) is 2.15. The molecule has 1 heterocycles. The van der Waals surface area contributed by atoms with E-state index >= 15 is 0 Å². The van der Waals surface area contributed by atoms with Gasteiger partial charge in [0.2, 0.25) is 10.0 Å². The molecule has 0 aliphatic carbocycles. The zero-order valence-electron chi connectivity index (χ0n) is 11.2. The number of hydrogen-bond donors (Lipinski definition) is 0. The molecular formula is C12H16ClNO4S2. The van der Waals surface area contributed by atoms with Crippen molar-refractivity contribution in [3.63, 3.8) is 0 Å². The molecule has 1 atom stereocenters. The molecule has 1 saturated heterocycles. The molecule has 1 unspecified atom stereocenters. The van der Waals surface area contributed by atoms with Gasteiger partial charge in [-0.15, -0.1) is 0 Å². The Morgan fingerprint density at radius 1 is 1.25 bits per heavy atom. The van der Waals surface area contributed by atoms with Gasteiger partial charge >= 0.3 is 0 Å². The summed E-state index contributed by atoms with van der Waals surface area (Å²) in [7, 11) is -6.91. The first kappa shape index (κ1) is 15.8. The molecule has 1 aromatic carbocycles. The summed E-state index contributed by atoms with van der Waals surface area (Å²) in [4.78, 5) is 0.0993. The number of halogens is 1. The Kier molecular flexibility index (Phi) is 4.17. The molecule has 0 bridgehead atoms. The average molecular weight is 338 g/mol. The lowest BCUT2D eigenvalue weighted by Crippen LogP contribution is -2.31. The van der Waals surface area contributed by atoms with Crippen LogP contribution < -0.4 is 0 Å². The lowest BCUT2D eigenvalue weighted by atomic mass is 10.2. The van der Waals surface area contributed by atoms with Crippen molar-refractivity contribution in [1.82, 2.24) is 4.31 Å². The van der Waals surface area contributed by atoms with Crippen molar-refractivity contribution in [2.75, 3.05) is 19.3 Å². The van der Waals surface area contributed by atoms with Gasteiger partial charge in [0.15, 0.2) is 9.84 Å². The van der Waals surface area contributed by atoms with E-state index in [9.17, 15) is 16.8 Å². The first-order valence-electron chi connectivity index (χ1n) is 6.07. The molecule has 0 radical (unpaired) electrons. The number of nitrogens with zero attached hydrogens (tertiary/aromatic N) is 1. The largest absolute Gasteiger partial charge is 0.243 e. The molecule has 1 aliphatic rings. The van der Waals surface area contributed by atoms with E-state index in [1.807, 2.05) is 0 Å². The molecule has 0 aromatic heterocycles. The number of benzene rings is 1. The number of rotatable bonds is 3. The van der Waals surface area contributed by atoms with E-state index < -0.39 is 25.1 Å². The van der Waals surface area contributed by atoms with E-state index in [0.717, 1.165) is 11.8 Å². The summed E-state index contributed by atoms with van der Waals surface area (Å²) in [5.41, 5.74) is 0.793. The normalized spacial score (nSPS) is 21.2. The standard InChI is InChI=1S/C12H16ClNO4S2/c1-9-3-4-10(7-12(9)13)20(17,18)14-6-5-11(8-14)19(2,15)16/h3-4,7,11H,5-6,8H2,1-2H3. The zero-order chi connectivity index (χ0) is 15.1. The SMILES string of the molecule is Cc1ccc(S(=O)(=O)N2CCC(S(C)(=O)=O)C2)cc1Cl. The highest BCUT2D eigenvalue weighted by atomic mass is 35.5. The summed E-state index contributed by atoms with van der Waals surface area (Å²) in [6.45, 7) is 2.01. The second kappa shape index (κ2) is 5.29. The van der Waals surface area contributed by atoms with E-state index in [1.54, 1.807) is 13.0 Å². The van der Waals surface area contributed by atoms with Crippen molar-refractivity contribution in [3.8, 4) is 0 Å². The predicted octanol–water partition coefficient (Wildman–Crippen LogP) is 1.46. The van der Waals surface area contributed by atoms with Gasteiger partial charge in [0.1, 0.15) is 0 Å². The molecule has 8 heteroatoms. The Morgan fingerprint density at radius 2 is 1.90 bits per heavy atom. The van der Waals surface area contributed by atoms with Crippen LogP contribution in [0.2, 0.25) is 5.02 Å². The van der Waals surface area contributed by atoms with Gasteiger partial charge in [0.25, 0.3) is 0 Å². The quantitative estimate of drug-likeness (QED) is 0.837. The third-order valence-corrected chi connectivity index (χ3v) is 7.36. The fourth-order valence-corrected chi connectivity index (χ4v) is 5.00. The third-order valence-electron chi connectivity index (χ3n) is 3.49. The van der Waals surface area contributed by atoms with Gasteiger partial charge in [-0.1, -0.05) is 17.7 Å². The maximum absolute atomic E-state index is 12.4. The molecule has 1 fully saturated rings. The van der Waals surface area contributed by atoms with E-state index in [2.05, 4.69) is 0 Å². The summed E-state index contributed by atoms with van der Waals surface area (Å²) >= 11 is 5.95. The third kappa shape index (κ3) is 3.00. The highest BCUT2D eigenvalue weighted by Gasteiger charge is 2.37. The van der Waals surface area contributed by atoms with Crippen molar-refractivity contribution in [1.29, 1.82) is 0 Å². The molecule has 0 saturated carbocycles. The van der Waals surface area contributed by atoms with Gasteiger partial charge in [0.05, 0.1) is 10.1 Å². The topological polar surface area (TPSA) is 71.5 Å². The maximum atomic E-state index is 12.4. The van der Waals surface area contributed by atoms with Crippen molar-refractivity contribution in [2.24, 2.45) is 0 Å². The Morgan fingerprint density at radius 3 is 2.40 bits per heavy atom. The van der Waals surface area contributed by atoms with Gasteiger partial charge in [-0.05, 0) is 31.0 Å². The molecule has 0 amide bonds. The van der Waals surface area contributed by atoms with Crippen LogP contribution in [0, 0.1) is 6.92 Å². The first-order chi connectivity index (χ1) is 9.12. The van der Waals surface area contributed by atoms with Crippen LogP contribution in [0.15, 0.2) is 23.1 Å². The minimum Gasteiger partial charge on any atom is -0.229 e. The smallest absolute Gasteiger partial charge is 0.229 e. The molecule has 5 nitrogen and oxygen atoms in total. The van der Waals surface area contributed by atoms with E-state index in [4.69, 9.17) is 11.6 Å². The summed E-state index contributed by atoms with van der Waals surface area (Å²) in [5, 5.41) is -0.247. The number of sulfonamides is 1. The zero-order valence-corrected chi connectivity index (χ0v) is 13.6. The van der Waals surface area contributed by atoms with Crippen molar-refractivity contribution in [2.45, 2.75) is 23.5 Å². The van der Waals surface area contributed by atoms with Crippen LogP contribution in [0.5, 0.6) is 0 Å². The minimum atomic E-state index is -3.69. The van der Waals surface area contributed by atoms with Crippen molar-refractivity contribution >= 4 is 31.5 Å². The lowest BCUT2D eigenvalue weighted by molar-refractivity contribution is 0.477. The maximum Gasteiger partial charge on any atom is 0.243 e. The fraction of sp³-hybridized carbons (Fsp3) is 0.500. The van der Waals surface area contributed by atoms with Crippen molar-refractivity contribution < 1.29 is 16.8 Å². The van der Waals surface area contributed by atoms with E-state index in [1.165, 1.54) is 16.4 Å². The second-order valence-corrected chi connectivity index (χ2v) is 9.69. The van der Waals surface area contributed by atoms with Gasteiger partial charge in [-0.2, -0.15) is 4.31 Å². The van der Waals surface area contributed by atoms with Crippen LogP contribution >= 0.6 is 11.6 Å². The number of hydrogen-bond acceptors (Lipinski definition) is 4. The van der Waals surface area contributed by atoms with Crippen LogP contribution in [-0.4, -0.2) is 45.7 Å². The Balaban J connectivity index is 2.30.